The van der Waals surface area contributed by atoms with Crippen molar-refractivity contribution in [2.45, 2.75) is 32.0 Å². The van der Waals surface area contributed by atoms with Gasteiger partial charge in [0, 0.05) is 31.9 Å². The predicted octanol–water partition coefficient (Wildman–Crippen LogP) is 0.794. The highest BCUT2D eigenvalue weighted by Crippen LogP contribution is 2.48. The Morgan fingerprint density at radius 1 is 1.24 bits per heavy atom. The molecule has 0 aliphatic carbocycles. The van der Waals surface area contributed by atoms with Crippen LogP contribution in [0.3, 0.4) is 0 Å². The molecule has 5 amide bonds. The molecule has 37 heavy (non-hydrogen) atoms. The van der Waals surface area contributed by atoms with Gasteiger partial charge in [0.25, 0.3) is 5.91 Å². The number of anilines is 1. The number of urea groups is 1. The molecule has 3 N–H and O–H groups in total. The first kappa shape index (κ1) is 23.0. The van der Waals surface area contributed by atoms with Gasteiger partial charge in [0.1, 0.15) is 0 Å². The van der Waals surface area contributed by atoms with Crippen LogP contribution in [0.25, 0.3) is 11.0 Å². The van der Waals surface area contributed by atoms with Gasteiger partial charge in [-0.15, -0.1) is 0 Å². The van der Waals surface area contributed by atoms with E-state index in [1.54, 1.807) is 36.4 Å². The van der Waals surface area contributed by atoms with E-state index in [-0.39, 0.29) is 48.5 Å². The van der Waals surface area contributed by atoms with Gasteiger partial charge in [-0.1, -0.05) is 5.16 Å². The third-order valence-electron chi connectivity index (χ3n) is 7.19. The number of pyridine rings is 1. The van der Waals surface area contributed by atoms with Gasteiger partial charge in [0.2, 0.25) is 17.4 Å². The number of carbonyl (C=O) groups excluding carboxylic acids is 4. The molecule has 2 fully saturated rings. The first-order valence-electron chi connectivity index (χ1n) is 11.6. The zero-order chi connectivity index (χ0) is 25.9. The van der Waals surface area contributed by atoms with Crippen molar-refractivity contribution < 1.29 is 32.8 Å². The largest absolute Gasteiger partial charge is 0.374 e. The second kappa shape index (κ2) is 8.34. The second-order valence-corrected chi connectivity index (χ2v) is 9.24. The fourth-order valence-corrected chi connectivity index (χ4v) is 5.59. The average molecular weight is 508 g/mol. The number of ether oxygens (including phenoxy) is 1. The Labute approximate surface area is 208 Å². The van der Waals surface area contributed by atoms with E-state index in [1.165, 1.54) is 6.07 Å². The average Bonchev–Trinajstić information content (AvgIpc) is 3.30. The van der Waals surface area contributed by atoms with Crippen LogP contribution in [0, 0.1) is 11.2 Å². The van der Waals surface area contributed by atoms with Crippen LogP contribution < -0.4 is 20.9 Å². The van der Waals surface area contributed by atoms with Crippen molar-refractivity contribution in [3.63, 3.8) is 0 Å². The van der Waals surface area contributed by atoms with Gasteiger partial charge in [-0.25, -0.2) is 9.18 Å². The number of morpholine rings is 1. The van der Waals surface area contributed by atoms with Gasteiger partial charge in [-0.2, -0.15) is 0 Å². The summed E-state index contributed by atoms with van der Waals surface area (Å²) in [6, 6.07) is 3.18. The fourth-order valence-electron chi connectivity index (χ4n) is 5.59. The Hall–Kier alpha value is -4.39. The minimum Gasteiger partial charge on any atom is -0.374 e. The maximum absolute atomic E-state index is 16.0. The molecule has 3 aromatic rings. The van der Waals surface area contributed by atoms with E-state index in [1.807, 2.05) is 0 Å². The van der Waals surface area contributed by atoms with Gasteiger partial charge in [0.15, 0.2) is 16.9 Å². The number of imide groups is 2. The minimum absolute atomic E-state index is 0.103. The highest BCUT2D eigenvalue weighted by Gasteiger charge is 2.62. The highest BCUT2D eigenvalue weighted by atomic mass is 19.1. The molecule has 1 aromatic carbocycles. The van der Waals surface area contributed by atoms with Crippen molar-refractivity contribution in [2.75, 3.05) is 18.1 Å². The number of nitrogens with one attached hydrogen (secondary N) is 3. The Balaban J connectivity index is 1.45. The molecule has 0 saturated carbocycles. The van der Waals surface area contributed by atoms with Crippen LogP contribution >= 0.6 is 0 Å². The monoisotopic (exact) mass is 508 g/mol. The number of rotatable bonds is 3. The first-order chi connectivity index (χ1) is 17.8. The molecule has 2 atom stereocenters. The molecular weight excluding hydrogens is 487 g/mol. The number of hydrogen-bond acceptors (Lipinski definition) is 9. The summed E-state index contributed by atoms with van der Waals surface area (Å²) in [4.78, 5) is 56.7. The molecule has 5 heterocycles. The lowest BCUT2D eigenvalue weighted by molar-refractivity contribution is -0.151. The molecule has 2 aromatic heterocycles. The van der Waals surface area contributed by atoms with Crippen LogP contribution in [0.5, 0.6) is 0 Å². The number of fused-ring (bicyclic) bond motifs is 5. The lowest BCUT2D eigenvalue weighted by Crippen LogP contribution is -2.74. The van der Waals surface area contributed by atoms with Crippen LogP contribution in [0.4, 0.5) is 14.9 Å². The number of nitrogens with zero attached hydrogens (tertiary/aromatic N) is 3. The number of benzene rings is 1. The summed E-state index contributed by atoms with van der Waals surface area (Å²) in [5.74, 6) is -2.92. The summed E-state index contributed by atoms with van der Waals surface area (Å²) in [5.41, 5.74) is -0.851. The van der Waals surface area contributed by atoms with Gasteiger partial charge in [-0.05, 0) is 36.2 Å². The predicted molar refractivity (Wildman–Crippen MR) is 124 cm³/mol. The van der Waals surface area contributed by atoms with Gasteiger partial charge < -0.3 is 19.5 Å². The zero-order valence-electron chi connectivity index (χ0n) is 19.5. The van der Waals surface area contributed by atoms with E-state index >= 15 is 4.39 Å². The normalized spacial score (nSPS) is 22.3. The fraction of sp³-hybridized carbons (Fsp3) is 0.333. The van der Waals surface area contributed by atoms with E-state index in [4.69, 9.17) is 9.26 Å². The summed E-state index contributed by atoms with van der Waals surface area (Å²) in [7, 11) is 0. The number of carbonyl (C=O) groups is 4. The quantitative estimate of drug-likeness (QED) is 0.436. The van der Waals surface area contributed by atoms with Crippen LogP contribution in [-0.2, 0) is 27.3 Å². The number of barbiturate groups is 1. The molecule has 6 rings (SSSR count). The standard InChI is InChI=1S/C24H21FN6O6/c1-11-19-24(21(33)28-23(35)29-22(24)34)9-13-8-14-16(20(32)27-10-12-2-4-26-5-3-12)30-37-18(14)15(25)17(13)31(19)6-7-36-11/h2-5,8,11,19H,6-7,9-10H2,1H3,(H,27,32)(H2,28,29,33,34,35)/t11-,19+/m0/s1. The topological polar surface area (TPSA) is 156 Å². The van der Waals surface area contributed by atoms with Gasteiger partial charge in [0.05, 0.1) is 29.8 Å². The molecule has 0 bridgehead atoms. The maximum atomic E-state index is 16.0. The minimum atomic E-state index is -1.76. The number of halogens is 1. The molecule has 0 unspecified atom stereocenters. The third-order valence-corrected chi connectivity index (χ3v) is 7.19. The number of amides is 5. The van der Waals surface area contributed by atoms with E-state index in [0.29, 0.717) is 5.56 Å². The maximum Gasteiger partial charge on any atom is 0.328 e. The van der Waals surface area contributed by atoms with Crippen molar-refractivity contribution in [3.05, 3.63) is 53.2 Å². The van der Waals surface area contributed by atoms with Crippen molar-refractivity contribution in [2.24, 2.45) is 5.41 Å². The SMILES string of the molecule is C[C@@H]1OCCN2c3c(cc4c(C(=O)NCc5ccncc5)noc4c3F)CC3(C(=O)NC(=O)NC3=O)[C@@H]12. The van der Waals surface area contributed by atoms with Crippen LogP contribution in [0.2, 0.25) is 0 Å². The Morgan fingerprint density at radius 3 is 2.70 bits per heavy atom. The molecule has 0 radical (unpaired) electrons. The van der Waals surface area contributed by atoms with Gasteiger partial charge >= 0.3 is 6.03 Å². The smallest absolute Gasteiger partial charge is 0.328 e. The number of hydrogen-bond donors (Lipinski definition) is 3. The second-order valence-electron chi connectivity index (χ2n) is 9.24. The third kappa shape index (κ3) is 3.38. The van der Waals surface area contributed by atoms with Gasteiger partial charge in [-0.3, -0.25) is 30.0 Å². The highest BCUT2D eigenvalue weighted by molar-refractivity contribution is 6.20. The lowest BCUT2D eigenvalue weighted by atomic mass is 9.66. The van der Waals surface area contributed by atoms with E-state index < -0.39 is 47.1 Å². The molecule has 2 saturated heterocycles. The zero-order valence-corrected chi connectivity index (χ0v) is 19.5. The van der Waals surface area contributed by atoms with Crippen LogP contribution in [-0.4, -0.2) is 59.2 Å². The van der Waals surface area contributed by atoms with E-state index in [9.17, 15) is 19.2 Å². The Morgan fingerprint density at radius 2 is 1.97 bits per heavy atom. The van der Waals surface area contributed by atoms with Crippen molar-refractivity contribution in [3.8, 4) is 0 Å². The molecule has 1 spiro atoms. The van der Waals surface area contributed by atoms with Crippen LogP contribution in [0.15, 0.2) is 35.1 Å². The molecule has 12 nitrogen and oxygen atoms in total. The van der Waals surface area contributed by atoms with E-state index in [0.717, 1.165) is 5.56 Å². The first-order valence-corrected chi connectivity index (χ1v) is 11.6. The molecule has 190 valence electrons. The van der Waals surface area contributed by atoms with E-state index in [2.05, 4.69) is 26.1 Å². The summed E-state index contributed by atoms with van der Waals surface area (Å²) >= 11 is 0. The summed E-state index contributed by atoms with van der Waals surface area (Å²) in [5, 5.41) is 11.0. The summed E-state index contributed by atoms with van der Waals surface area (Å²) < 4.78 is 27.0. The van der Waals surface area contributed by atoms with Crippen molar-refractivity contribution in [1.82, 2.24) is 26.1 Å². The summed E-state index contributed by atoms with van der Waals surface area (Å²) in [6.45, 7) is 2.30. The lowest BCUT2D eigenvalue weighted by Gasteiger charge is -2.54. The molecule has 13 heteroatoms. The molecule has 3 aliphatic rings. The van der Waals surface area contributed by atoms with Crippen molar-refractivity contribution in [1.29, 1.82) is 0 Å². The molecular formula is C24H21FN6O6. The number of aromatic nitrogens is 2. The molecule has 3 aliphatic heterocycles. The summed E-state index contributed by atoms with van der Waals surface area (Å²) in [6.07, 6.45) is 2.33. The van der Waals surface area contributed by atoms with Crippen molar-refractivity contribution >= 4 is 40.4 Å². The Bertz CT molecular complexity index is 1450. The Kier molecular flexibility index (Phi) is 5.19. The van der Waals surface area contributed by atoms with Crippen LogP contribution in [0.1, 0.15) is 28.5 Å².